The Morgan fingerprint density at radius 2 is 2.15 bits per heavy atom. The number of halogens is 1. The zero-order chi connectivity index (χ0) is 19.0. The molecule has 2 aliphatic rings. The number of amides is 1. The van der Waals surface area contributed by atoms with Crippen LogP contribution in [0.3, 0.4) is 0 Å². The smallest absolute Gasteiger partial charge is 0.276 e. The minimum atomic E-state index is -0.831. The second-order valence-corrected chi connectivity index (χ2v) is 6.94. The van der Waals surface area contributed by atoms with Crippen LogP contribution in [0.4, 0.5) is 11.5 Å². The number of pyridine rings is 1. The molecule has 1 amide bonds. The number of hydrogen-bond acceptors (Lipinski definition) is 7. The van der Waals surface area contributed by atoms with E-state index in [-0.39, 0.29) is 27.9 Å². The van der Waals surface area contributed by atoms with E-state index in [1.165, 1.54) is 17.0 Å². The van der Waals surface area contributed by atoms with Crippen LogP contribution in [0, 0.1) is 11.3 Å². The summed E-state index contributed by atoms with van der Waals surface area (Å²) in [5.41, 5.74) is -0.774. The third-order valence-corrected chi connectivity index (χ3v) is 5.25. The molecule has 1 saturated heterocycles. The maximum atomic E-state index is 13.2. The van der Waals surface area contributed by atoms with Crippen LogP contribution in [0.2, 0.25) is 5.02 Å². The molecular formula is C17H16ClN7O2. The van der Waals surface area contributed by atoms with Gasteiger partial charge >= 0.3 is 0 Å². The van der Waals surface area contributed by atoms with Gasteiger partial charge in [-0.1, -0.05) is 11.6 Å². The lowest BCUT2D eigenvalue weighted by molar-refractivity contribution is 0.0777. The SMILES string of the molecule is N#CCN1CCC2(CC1)NC(=O)c1c(Cl)cc(Nc3ccncn3)c(=O)n12. The number of piperidine rings is 1. The number of carbonyl (C=O) groups excluding carboxylic acids is 1. The van der Waals surface area contributed by atoms with E-state index in [1.54, 1.807) is 12.3 Å². The molecule has 10 heteroatoms. The maximum absolute atomic E-state index is 13.2. The molecule has 2 aromatic rings. The molecule has 2 N–H and O–H groups in total. The minimum Gasteiger partial charge on any atom is -0.336 e. The summed E-state index contributed by atoms with van der Waals surface area (Å²) in [5, 5.41) is 15.0. The van der Waals surface area contributed by atoms with Crippen LogP contribution < -0.4 is 16.2 Å². The minimum absolute atomic E-state index is 0.170. The van der Waals surface area contributed by atoms with Gasteiger partial charge in [0.15, 0.2) is 0 Å². The van der Waals surface area contributed by atoms with Crippen molar-refractivity contribution in [3.63, 3.8) is 0 Å². The molecule has 0 aromatic carbocycles. The first-order valence-corrected chi connectivity index (χ1v) is 8.83. The van der Waals surface area contributed by atoms with Crippen molar-refractivity contribution in [1.82, 2.24) is 24.8 Å². The number of carbonyl (C=O) groups is 1. The second kappa shape index (κ2) is 6.64. The molecule has 0 saturated carbocycles. The summed E-state index contributed by atoms with van der Waals surface area (Å²) in [6.45, 7) is 1.52. The molecule has 2 aromatic heterocycles. The first-order valence-electron chi connectivity index (χ1n) is 8.45. The van der Waals surface area contributed by atoms with E-state index in [1.807, 2.05) is 4.90 Å². The summed E-state index contributed by atoms with van der Waals surface area (Å²) in [6.07, 6.45) is 3.95. The molecule has 0 unspecified atom stereocenters. The Labute approximate surface area is 159 Å². The lowest BCUT2D eigenvalue weighted by atomic mass is 9.97. The molecule has 0 aliphatic carbocycles. The molecule has 4 rings (SSSR count). The van der Waals surface area contributed by atoms with Gasteiger partial charge in [0.1, 0.15) is 29.2 Å². The van der Waals surface area contributed by atoms with E-state index in [0.29, 0.717) is 38.3 Å². The van der Waals surface area contributed by atoms with E-state index >= 15 is 0 Å². The summed E-state index contributed by atoms with van der Waals surface area (Å²) < 4.78 is 1.46. The topological polar surface area (TPSA) is 116 Å². The molecule has 1 fully saturated rings. The molecule has 0 bridgehead atoms. The predicted octanol–water partition coefficient (Wildman–Crippen LogP) is 1.05. The van der Waals surface area contributed by atoms with Gasteiger partial charge in [-0.3, -0.25) is 19.1 Å². The van der Waals surface area contributed by atoms with E-state index < -0.39 is 5.66 Å². The van der Waals surface area contributed by atoms with Crippen molar-refractivity contribution >= 4 is 29.0 Å². The fourth-order valence-electron chi connectivity index (χ4n) is 3.65. The Hall–Kier alpha value is -2.96. The Morgan fingerprint density at radius 1 is 1.37 bits per heavy atom. The first kappa shape index (κ1) is 17.5. The third-order valence-electron chi connectivity index (χ3n) is 4.97. The summed E-state index contributed by atoms with van der Waals surface area (Å²) >= 11 is 6.34. The standard InChI is InChI=1S/C17H16ClN7O2/c18-11-9-12(22-13-1-5-20-10-21-13)16(27)25-14(11)15(26)23-17(25)2-6-24(7-3-17)8-4-19/h1,5,9-10H,2-3,6-8H2,(H,23,26)(H,20,21,22). The monoisotopic (exact) mass is 385 g/mol. The molecule has 27 heavy (non-hydrogen) atoms. The van der Waals surface area contributed by atoms with Gasteiger partial charge in [0.2, 0.25) is 0 Å². The summed E-state index contributed by atoms with van der Waals surface area (Å²) in [6, 6.07) is 5.20. The van der Waals surface area contributed by atoms with Crippen LogP contribution in [0.5, 0.6) is 0 Å². The Balaban J connectivity index is 1.75. The number of nitrogens with zero attached hydrogens (tertiary/aromatic N) is 5. The quantitative estimate of drug-likeness (QED) is 0.758. The van der Waals surface area contributed by atoms with Gasteiger partial charge in [0.05, 0.1) is 17.6 Å². The fourth-order valence-corrected chi connectivity index (χ4v) is 3.93. The van der Waals surface area contributed by atoms with Crippen molar-refractivity contribution in [2.45, 2.75) is 18.5 Å². The van der Waals surface area contributed by atoms with Crippen molar-refractivity contribution in [3.8, 4) is 6.07 Å². The van der Waals surface area contributed by atoms with Crippen molar-refractivity contribution in [2.24, 2.45) is 0 Å². The second-order valence-electron chi connectivity index (χ2n) is 6.53. The lowest BCUT2D eigenvalue weighted by Crippen LogP contribution is -2.54. The van der Waals surface area contributed by atoms with Gasteiger partial charge in [-0.25, -0.2) is 9.97 Å². The highest BCUT2D eigenvalue weighted by molar-refractivity contribution is 6.34. The van der Waals surface area contributed by atoms with Gasteiger partial charge in [-0.05, 0) is 12.1 Å². The highest BCUT2D eigenvalue weighted by Gasteiger charge is 2.46. The molecular weight excluding hydrogens is 370 g/mol. The number of anilines is 2. The number of aromatic nitrogens is 3. The predicted molar refractivity (Wildman–Crippen MR) is 97.8 cm³/mol. The van der Waals surface area contributed by atoms with E-state index in [4.69, 9.17) is 16.9 Å². The van der Waals surface area contributed by atoms with Crippen LogP contribution in [0.15, 0.2) is 29.5 Å². The zero-order valence-electron chi connectivity index (χ0n) is 14.3. The summed E-state index contributed by atoms with van der Waals surface area (Å²) in [7, 11) is 0. The van der Waals surface area contributed by atoms with Crippen LogP contribution in [0.1, 0.15) is 23.3 Å². The Kier molecular flexibility index (Phi) is 4.30. The molecule has 4 heterocycles. The number of nitriles is 1. The number of hydrogen-bond donors (Lipinski definition) is 2. The van der Waals surface area contributed by atoms with Gasteiger partial charge < -0.3 is 10.6 Å². The van der Waals surface area contributed by atoms with Crippen LogP contribution in [0.25, 0.3) is 0 Å². The van der Waals surface area contributed by atoms with E-state index in [9.17, 15) is 9.59 Å². The van der Waals surface area contributed by atoms with Crippen molar-refractivity contribution in [1.29, 1.82) is 5.26 Å². The van der Waals surface area contributed by atoms with E-state index in [0.717, 1.165) is 0 Å². The average molecular weight is 386 g/mol. The van der Waals surface area contributed by atoms with Gasteiger partial charge in [-0.2, -0.15) is 5.26 Å². The highest BCUT2D eigenvalue weighted by atomic mass is 35.5. The van der Waals surface area contributed by atoms with E-state index in [2.05, 4.69) is 26.7 Å². The summed E-state index contributed by atoms with van der Waals surface area (Å²) in [4.78, 5) is 35.6. The number of nitrogens with one attached hydrogen (secondary N) is 2. The number of fused-ring (bicyclic) bond motifs is 2. The Morgan fingerprint density at radius 3 is 2.81 bits per heavy atom. The fraction of sp³-hybridized carbons (Fsp3) is 0.353. The molecule has 9 nitrogen and oxygen atoms in total. The van der Waals surface area contributed by atoms with Crippen LogP contribution in [-0.2, 0) is 5.66 Å². The zero-order valence-corrected chi connectivity index (χ0v) is 15.0. The van der Waals surface area contributed by atoms with Crippen molar-refractivity contribution in [2.75, 3.05) is 25.0 Å². The van der Waals surface area contributed by atoms with Gasteiger partial charge in [0.25, 0.3) is 11.5 Å². The van der Waals surface area contributed by atoms with Gasteiger partial charge in [-0.15, -0.1) is 0 Å². The molecule has 0 radical (unpaired) electrons. The van der Waals surface area contributed by atoms with Crippen LogP contribution >= 0.6 is 11.6 Å². The average Bonchev–Trinajstić information content (AvgIpc) is 2.95. The van der Waals surface area contributed by atoms with Gasteiger partial charge in [0, 0.05) is 32.1 Å². The molecule has 1 spiro atoms. The first-order chi connectivity index (χ1) is 13.0. The summed E-state index contributed by atoms with van der Waals surface area (Å²) in [5.74, 6) is 0.0910. The molecule has 138 valence electrons. The molecule has 2 aliphatic heterocycles. The third kappa shape index (κ3) is 2.93. The molecule has 0 atom stereocenters. The van der Waals surface area contributed by atoms with Crippen LogP contribution in [-0.4, -0.2) is 45.0 Å². The van der Waals surface area contributed by atoms with Crippen molar-refractivity contribution in [3.05, 3.63) is 45.7 Å². The maximum Gasteiger partial charge on any atom is 0.276 e. The highest BCUT2D eigenvalue weighted by Crippen LogP contribution is 2.35. The Bertz CT molecular complexity index is 991. The number of likely N-dealkylation sites (tertiary alicyclic amines) is 1. The normalized spacial score (nSPS) is 18.0. The largest absolute Gasteiger partial charge is 0.336 e. The number of rotatable bonds is 3. The lowest BCUT2D eigenvalue weighted by Gasteiger charge is -2.39. The van der Waals surface area contributed by atoms with Crippen molar-refractivity contribution < 1.29 is 4.79 Å².